The maximum Gasteiger partial charge on any atom is 0.304 e. The second-order valence-electron chi connectivity index (χ2n) is 9.69. The lowest BCUT2D eigenvalue weighted by Gasteiger charge is -2.69. The highest BCUT2D eigenvalue weighted by Crippen LogP contribution is 2.71. The molecule has 5 unspecified atom stereocenters. The number of ketones is 1. The lowest BCUT2D eigenvalue weighted by atomic mass is 9.35. The van der Waals surface area contributed by atoms with Crippen molar-refractivity contribution in [1.82, 2.24) is 0 Å². The summed E-state index contributed by atoms with van der Waals surface area (Å²) < 4.78 is 23.2. The summed E-state index contributed by atoms with van der Waals surface area (Å²) in [4.78, 5) is 13.3. The number of allylic oxidation sites excluding steroid dienone is 1. The van der Waals surface area contributed by atoms with E-state index in [2.05, 4.69) is 13.5 Å². The van der Waals surface area contributed by atoms with Gasteiger partial charge in [-0.25, -0.2) is 0 Å². The monoisotopic (exact) mass is 380 g/mol. The minimum atomic E-state index is -1.73. The molecular formula is C20H28O5S. The zero-order valence-corrected chi connectivity index (χ0v) is 16.2. The first-order valence-corrected chi connectivity index (χ1v) is 10.9. The van der Waals surface area contributed by atoms with Crippen LogP contribution in [-0.2, 0) is 24.5 Å². The van der Waals surface area contributed by atoms with Gasteiger partial charge >= 0.3 is 11.4 Å². The SMILES string of the molecule is C=C1C(=O)C23CC[C@@H]1CC2C12CCC[C@@](C)(COS(=O)OC1)C2C[C@H]3O. The quantitative estimate of drug-likeness (QED) is 0.654. The Balaban J connectivity index is 1.67. The normalized spacial score (nSPS) is 56.3. The van der Waals surface area contributed by atoms with Crippen molar-refractivity contribution < 1.29 is 22.5 Å². The lowest BCUT2D eigenvalue weighted by Crippen LogP contribution is -2.70. The third-order valence-corrected chi connectivity index (χ3v) is 9.46. The molecule has 4 bridgehead atoms. The highest BCUT2D eigenvalue weighted by atomic mass is 32.2. The molecule has 0 aromatic rings. The zero-order chi connectivity index (χ0) is 18.3. The number of carbonyl (C=O) groups excluding carboxylic acids is 1. The molecule has 8 atom stereocenters. The summed E-state index contributed by atoms with van der Waals surface area (Å²) >= 11 is -1.73. The second-order valence-corrected chi connectivity index (χ2v) is 10.6. The summed E-state index contributed by atoms with van der Waals surface area (Å²) in [5.41, 5.74) is -0.304. The van der Waals surface area contributed by atoms with Crippen molar-refractivity contribution in [2.24, 2.45) is 34.0 Å². The topological polar surface area (TPSA) is 72.8 Å². The van der Waals surface area contributed by atoms with Crippen LogP contribution in [0.1, 0.15) is 51.9 Å². The van der Waals surface area contributed by atoms with Gasteiger partial charge in [-0.15, -0.1) is 0 Å². The minimum absolute atomic E-state index is 0.0928. The minimum Gasteiger partial charge on any atom is -0.392 e. The van der Waals surface area contributed by atoms with Gasteiger partial charge in [0.1, 0.15) is 0 Å². The molecule has 0 aromatic carbocycles. The maximum atomic E-state index is 13.3. The number of hydrogen-bond donors (Lipinski definition) is 1. The highest BCUT2D eigenvalue weighted by Gasteiger charge is 2.71. The van der Waals surface area contributed by atoms with Crippen molar-refractivity contribution in [1.29, 1.82) is 0 Å². The molecular weight excluding hydrogens is 352 g/mol. The molecule has 6 rings (SSSR count). The first-order chi connectivity index (χ1) is 12.3. The number of hydrogen-bond acceptors (Lipinski definition) is 5. The largest absolute Gasteiger partial charge is 0.392 e. The van der Waals surface area contributed by atoms with Gasteiger partial charge in [0.25, 0.3) is 0 Å². The van der Waals surface area contributed by atoms with Crippen LogP contribution in [0.5, 0.6) is 0 Å². The lowest BCUT2D eigenvalue weighted by molar-refractivity contribution is -0.234. The van der Waals surface area contributed by atoms with Crippen LogP contribution in [0.4, 0.5) is 0 Å². The molecule has 1 heterocycles. The van der Waals surface area contributed by atoms with E-state index >= 15 is 0 Å². The van der Waals surface area contributed by atoms with Crippen LogP contribution in [0, 0.1) is 34.0 Å². The van der Waals surface area contributed by atoms with Crippen LogP contribution in [0.3, 0.4) is 0 Å². The van der Waals surface area contributed by atoms with E-state index in [1.807, 2.05) is 0 Å². The summed E-state index contributed by atoms with van der Waals surface area (Å²) in [7, 11) is 0. The molecule has 5 aliphatic carbocycles. The van der Waals surface area contributed by atoms with E-state index in [0.29, 0.717) is 19.6 Å². The average Bonchev–Trinajstić information content (AvgIpc) is 2.63. The molecule has 0 aromatic heterocycles. The Morgan fingerprint density at radius 3 is 2.73 bits per heavy atom. The van der Waals surface area contributed by atoms with Gasteiger partial charge in [0.05, 0.1) is 24.7 Å². The van der Waals surface area contributed by atoms with Gasteiger partial charge < -0.3 is 5.11 Å². The Bertz CT molecular complexity index is 706. The molecule has 0 radical (unpaired) electrons. The van der Waals surface area contributed by atoms with E-state index in [-0.39, 0.29) is 34.4 Å². The Morgan fingerprint density at radius 2 is 1.92 bits per heavy atom. The Labute approximate surface area is 157 Å². The van der Waals surface area contributed by atoms with E-state index < -0.39 is 22.9 Å². The van der Waals surface area contributed by atoms with Crippen LogP contribution in [0.15, 0.2) is 12.2 Å². The van der Waals surface area contributed by atoms with Crippen molar-refractivity contribution in [2.75, 3.05) is 13.2 Å². The summed E-state index contributed by atoms with van der Waals surface area (Å²) in [6.07, 6.45) is 5.65. The molecule has 144 valence electrons. The molecule has 1 aliphatic heterocycles. The fraction of sp³-hybridized carbons (Fsp3) is 0.850. The molecule has 6 aliphatic rings. The van der Waals surface area contributed by atoms with Crippen molar-refractivity contribution in [3.63, 3.8) is 0 Å². The molecule has 6 heteroatoms. The molecule has 26 heavy (non-hydrogen) atoms. The van der Waals surface area contributed by atoms with Crippen LogP contribution in [-0.4, -0.2) is 34.4 Å². The van der Waals surface area contributed by atoms with Crippen molar-refractivity contribution in [3.8, 4) is 0 Å². The molecule has 5 saturated carbocycles. The standard InChI is InChI=1S/C20H28O5S/c1-12-13-4-7-20(17(12)22)15(8-13)19-6-3-5-18(2,14(19)9-16(20)21)10-24-26(23)25-11-19/h13-16,21H,1,3-11H2,2H3/t13-,14?,15?,16-,18+,19?,20?,26?/m1/s1. The number of aliphatic hydroxyl groups is 1. The Morgan fingerprint density at radius 1 is 1.15 bits per heavy atom. The van der Waals surface area contributed by atoms with E-state index in [1.54, 1.807) is 0 Å². The summed E-state index contributed by atoms with van der Waals surface area (Å²) in [6, 6.07) is 0. The van der Waals surface area contributed by atoms with Crippen LogP contribution >= 0.6 is 0 Å². The van der Waals surface area contributed by atoms with E-state index in [9.17, 15) is 14.1 Å². The Hall–Kier alpha value is -0.560. The summed E-state index contributed by atoms with van der Waals surface area (Å²) in [5, 5.41) is 11.3. The number of rotatable bonds is 0. The van der Waals surface area contributed by atoms with Crippen LogP contribution < -0.4 is 0 Å². The fourth-order valence-corrected chi connectivity index (χ4v) is 8.37. The second kappa shape index (κ2) is 5.49. The predicted molar refractivity (Wildman–Crippen MR) is 96.0 cm³/mol. The fourth-order valence-electron chi connectivity index (χ4n) is 7.62. The van der Waals surface area contributed by atoms with Gasteiger partial charge in [0.2, 0.25) is 0 Å². The third kappa shape index (κ3) is 1.97. The predicted octanol–water partition coefficient (Wildman–Crippen LogP) is 2.71. The van der Waals surface area contributed by atoms with Gasteiger partial charge in [0, 0.05) is 5.41 Å². The maximum absolute atomic E-state index is 13.3. The number of aliphatic hydroxyl groups excluding tert-OH is 1. The van der Waals surface area contributed by atoms with Gasteiger partial charge in [-0.1, -0.05) is 19.9 Å². The first-order valence-electron chi connectivity index (χ1n) is 9.93. The highest BCUT2D eigenvalue weighted by molar-refractivity contribution is 7.75. The van der Waals surface area contributed by atoms with Gasteiger partial charge in [-0.2, -0.15) is 4.21 Å². The van der Waals surface area contributed by atoms with E-state index in [1.165, 1.54) is 0 Å². The molecule has 6 fully saturated rings. The zero-order valence-electron chi connectivity index (χ0n) is 15.4. The smallest absolute Gasteiger partial charge is 0.304 e. The molecule has 0 amide bonds. The van der Waals surface area contributed by atoms with Crippen molar-refractivity contribution in [2.45, 2.75) is 58.0 Å². The summed E-state index contributed by atoms with van der Waals surface area (Å²) in [6.45, 7) is 7.05. The van der Waals surface area contributed by atoms with E-state index in [4.69, 9.17) is 8.37 Å². The van der Waals surface area contributed by atoms with Gasteiger partial charge in [0.15, 0.2) is 5.78 Å². The number of Topliss-reactive ketones (excluding diaryl/α,β-unsaturated/α-hetero) is 1. The van der Waals surface area contributed by atoms with Gasteiger partial charge in [-0.05, 0) is 67.3 Å². The number of fused-ring (bicyclic) bond motifs is 2. The van der Waals surface area contributed by atoms with Crippen molar-refractivity contribution >= 4 is 17.1 Å². The van der Waals surface area contributed by atoms with Crippen LogP contribution in [0.2, 0.25) is 0 Å². The molecule has 1 N–H and O–H groups in total. The average molecular weight is 381 g/mol. The van der Waals surface area contributed by atoms with Crippen LogP contribution in [0.25, 0.3) is 0 Å². The summed E-state index contributed by atoms with van der Waals surface area (Å²) in [5.74, 6) is 0.648. The first kappa shape index (κ1) is 17.5. The number of carbonyl (C=O) groups is 1. The molecule has 5 nitrogen and oxygen atoms in total. The van der Waals surface area contributed by atoms with Gasteiger partial charge in [-0.3, -0.25) is 13.2 Å². The molecule has 1 spiro atoms. The van der Waals surface area contributed by atoms with E-state index in [0.717, 1.165) is 44.1 Å². The third-order valence-electron chi connectivity index (χ3n) is 8.84. The Kier molecular flexibility index (Phi) is 3.70. The molecule has 1 saturated heterocycles. The van der Waals surface area contributed by atoms with Crippen molar-refractivity contribution in [3.05, 3.63) is 12.2 Å².